The molecule has 0 spiro atoms. The maximum atomic E-state index is 13.7. The number of carbonyl (C=O) groups is 3. The van der Waals surface area contributed by atoms with Gasteiger partial charge in [-0.15, -0.1) is 0 Å². The number of nitrogens with zero attached hydrogens (tertiary/aromatic N) is 4. The second kappa shape index (κ2) is 9.63. The third-order valence-electron chi connectivity index (χ3n) is 5.62. The number of amides is 3. The van der Waals surface area contributed by atoms with Crippen molar-refractivity contribution >= 4 is 50.1 Å². The molecule has 35 heavy (non-hydrogen) atoms. The first-order valence-corrected chi connectivity index (χ1v) is 12.0. The predicted octanol–water partition coefficient (Wildman–Crippen LogP) is 4.59. The van der Waals surface area contributed by atoms with Crippen molar-refractivity contribution in [1.82, 2.24) is 9.97 Å². The Morgan fingerprint density at radius 2 is 1.86 bits per heavy atom. The molecular formula is C26H22N4O4S. The molecule has 1 aliphatic heterocycles. The van der Waals surface area contributed by atoms with Crippen molar-refractivity contribution in [2.24, 2.45) is 0 Å². The molecule has 9 heteroatoms. The molecule has 0 atom stereocenters. The second-order valence-corrected chi connectivity index (χ2v) is 8.99. The molecular weight excluding hydrogens is 464 g/mol. The number of rotatable bonds is 7. The summed E-state index contributed by atoms with van der Waals surface area (Å²) in [6.07, 6.45) is 3.82. The van der Waals surface area contributed by atoms with E-state index in [1.165, 1.54) is 16.2 Å². The van der Waals surface area contributed by atoms with Crippen molar-refractivity contribution in [2.75, 3.05) is 16.4 Å². The Kier molecular flexibility index (Phi) is 6.24. The number of fused-ring (bicyclic) bond motifs is 1. The molecule has 0 bridgehead atoms. The first kappa shape index (κ1) is 22.7. The third kappa shape index (κ3) is 4.63. The van der Waals surface area contributed by atoms with E-state index < -0.39 is 0 Å². The van der Waals surface area contributed by atoms with Crippen molar-refractivity contribution in [3.63, 3.8) is 0 Å². The van der Waals surface area contributed by atoms with Gasteiger partial charge in [0.25, 0.3) is 5.91 Å². The predicted molar refractivity (Wildman–Crippen MR) is 134 cm³/mol. The molecule has 2 aromatic carbocycles. The zero-order chi connectivity index (χ0) is 24.4. The third-order valence-corrected chi connectivity index (χ3v) is 6.66. The minimum atomic E-state index is -0.247. The van der Waals surface area contributed by atoms with Gasteiger partial charge in [0.05, 0.1) is 29.1 Å². The molecule has 176 valence electrons. The highest BCUT2D eigenvalue weighted by atomic mass is 32.1. The monoisotopic (exact) mass is 486 g/mol. The lowest BCUT2D eigenvalue weighted by molar-refractivity contribution is -0.121. The minimum Gasteiger partial charge on any atom is -0.494 e. The van der Waals surface area contributed by atoms with Gasteiger partial charge in [-0.05, 0) is 61.0 Å². The molecule has 0 aliphatic carbocycles. The van der Waals surface area contributed by atoms with Crippen LogP contribution in [0.15, 0.2) is 67.0 Å². The van der Waals surface area contributed by atoms with Crippen molar-refractivity contribution in [3.8, 4) is 5.75 Å². The Hall–Kier alpha value is -4.11. The Morgan fingerprint density at radius 1 is 1.09 bits per heavy atom. The van der Waals surface area contributed by atoms with Gasteiger partial charge in [-0.1, -0.05) is 17.4 Å². The van der Waals surface area contributed by atoms with Gasteiger partial charge in [0, 0.05) is 30.8 Å². The molecule has 0 radical (unpaired) electrons. The van der Waals surface area contributed by atoms with Crippen LogP contribution in [-0.4, -0.2) is 34.3 Å². The van der Waals surface area contributed by atoms with Crippen molar-refractivity contribution in [3.05, 3.63) is 78.1 Å². The number of aromatic nitrogens is 2. The highest BCUT2D eigenvalue weighted by molar-refractivity contribution is 7.22. The van der Waals surface area contributed by atoms with Crippen LogP contribution >= 0.6 is 11.3 Å². The van der Waals surface area contributed by atoms with Gasteiger partial charge in [-0.3, -0.25) is 29.2 Å². The molecule has 2 aromatic heterocycles. The fourth-order valence-corrected chi connectivity index (χ4v) is 4.93. The lowest BCUT2D eigenvalue weighted by Gasteiger charge is -2.20. The molecule has 1 fully saturated rings. The van der Waals surface area contributed by atoms with Crippen LogP contribution < -0.4 is 14.5 Å². The van der Waals surface area contributed by atoms with Crippen LogP contribution in [-0.2, 0) is 16.1 Å². The van der Waals surface area contributed by atoms with Crippen molar-refractivity contribution < 1.29 is 19.1 Å². The summed E-state index contributed by atoms with van der Waals surface area (Å²) in [5.74, 6) is 0.0480. The van der Waals surface area contributed by atoms with Gasteiger partial charge >= 0.3 is 0 Å². The van der Waals surface area contributed by atoms with E-state index in [0.717, 1.165) is 21.5 Å². The molecule has 1 aliphatic rings. The zero-order valence-corrected chi connectivity index (χ0v) is 19.8. The van der Waals surface area contributed by atoms with Crippen LogP contribution in [0.3, 0.4) is 0 Å². The molecule has 3 heterocycles. The summed E-state index contributed by atoms with van der Waals surface area (Å²) in [4.78, 5) is 49.4. The smallest absolute Gasteiger partial charge is 0.260 e. The van der Waals surface area contributed by atoms with E-state index in [0.29, 0.717) is 23.0 Å². The van der Waals surface area contributed by atoms with E-state index in [9.17, 15) is 14.4 Å². The van der Waals surface area contributed by atoms with E-state index >= 15 is 0 Å². The number of hydrogen-bond acceptors (Lipinski definition) is 7. The Balaban J connectivity index is 1.48. The number of hydrogen-bond donors (Lipinski definition) is 0. The minimum absolute atomic E-state index is 0.209. The van der Waals surface area contributed by atoms with Crippen LogP contribution in [0.5, 0.6) is 5.75 Å². The first-order chi connectivity index (χ1) is 17.0. The standard InChI is InChI=1S/C26H22N4O4S/c1-2-34-20-9-10-21-22(14-20)35-26(28-21)29(16-17-4-3-13-27-15-17)25(33)18-5-7-19(8-6-18)30-23(31)11-12-24(30)32/h3-10,13-15H,2,11-12,16H2,1H3. The summed E-state index contributed by atoms with van der Waals surface area (Å²) in [6, 6.07) is 15.9. The molecule has 8 nitrogen and oxygen atoms in total. The van der Waals surface area contributed by atoms with Gasteiger partial charge in [-0.25, -0.2) is 4.98 Å². The fraction of sp³-hybridized carbons (Fsp3) is 0.192. The van der Waals surface area contributed by atoms with Gasteiger partial charge in [0.2, 0.25) is 11.8 Å². The molecule has 3 amide bonds. The largest absolute Gasteiger partial charge is 0.494 e. The van der Waals surface area contributed by atoms with Crippen LogP contribution in [0.1, 0.15) is 35.7 Å². The van der Waals surface area contributed by atoms with Crippen LogP contribution in [0.25, 0.3) is 10.2 Å². The number of anilines is 2. The summed E-state index contributed by atoms with van der Waals surface area (Å²) >= 11 is 1.41. The molecule has 1 saturated heterocycles. The molecule has 0 saturated carbocycles. The Morgan fingerprint density at radius 3 is 2.54 bits per heavy atom. The van der Waals surface area contributed by atoms with Gasteiger partial charge < -0.3 is 4.74 Å². The quantitative estimate of drug-likeness (QED) is 0.355. The van der Waals surface area contributed by atoms with Gasteiger partial charge in [-0.2, -0.15) is 0 Å². The van der Waals surface area contributed by atoms with Gasteiger partial charge in [0.15, 0.2) is 5.13 Å². The lowest BCUT2D eigenvalue weighted by Crippen LogP contribution is -2.31. The Bertz CT molecular complexity index is 1390. The van der Waals surface area contributed by atoms with Crippen LogP contribution in [0, 0.1) is 0 Å². The summed E-state index contributed by atoms with van der Waals surface area (Å²) in [5, 5.41) is 0.552. The van der Waals surface area contributed by atoms with Gasteiger partial charge in [0.1, 0.15) is 5.75 Å². The highest BCUT2D eigenvalue weighted by Gasteiger charge is 2.30. The van der Waals surface area contributed by atoms with Crippen molar-refractivity contribution in [1.29, 1.82) is 0 Å². The number of ether oxygens (including phenoxy) is 1. The lowest BCUT2D eigenvalue weighted by atomic mass is 10.1. The average molecular weight is 487 g/mol. The summed E-state index contributed by atoms with van der Waals surface area (Å²) in [5.41, 5.74) is 2.53. The van der Waals surface area contributed by atoms with E-state index in [2.05, 4.69) is 4.98 Å². The first-order valence-electron chi connectivity index (χ1n) is 11.2. The number of pyridine rings is 1. The summed E-state index contributed by atoms with van der Waals surface area (Å²) in [7, 11) is 0. The number of benzene rings is 2. The maximum absolute atomic E-state index is 13.7. The normalized spacial score (nSPS) is 13.5. The van der Waals surface area contributed by atoms with Crippen LogP contribution in [0.2, 0.25) is 0 Å². The molecule has 4 aromatic rings. The van der Waals surface area contributed by atoms with Crippen molar-refractivity contribution in [2.45, 2.75) is 26.3 Å². The maximum Gasteiger partial charge on any atom is 0.260 e. The van der Waals surface area contributed by atoms with E-state index in [-0.39, 0.29) is 37.1 Å². The zero-order valence-electron chi connectivity index (χ0n) is 19.0. The number of imide groups is 1. The number of thiazole rings is 1. The summed E-state index contributed by atoms with van der Waals surface area (Å²) < 4.78 is 6.52. The van der Waals surface area contributed by atoms with E-state index in [1.807, 2.05) is 37.3 Å². The highest BCUT2D eigenvalue weighted by Crippen LogP contribution is 2.33. The topological polar surface area (TPSA) is 92.7 Å². The average Bonchev–Trinajstić information content (AvgIpc) is 3.45. The summed E-state index contributed by atoms with van der Waals surface area (Å²) in [6.45, 7) is 2.78. The Labute approximate surface area is 205 Å². The molecule has 0 unspecified atom stereocenters. The second-order valence-electron chi connectivity index (χ2n) is 7.98. The van der Waals surface area contributed by atoms with E-state index in [1.54, 1.807) is 41.6 Å². The van der Waals surface area contributed by atoms with Crippen LogP contribution in [0.4, 0.5) is 10.8 Å². The fourth-order valence-electron chi connectivity index (χ4n) is 3.94. The molecule has 5 rings (SSSR count). The molecule has 0 N–H and O–H groups in total. The SMILES string of the molecule is CCOc1ccc2nc(N(Cc3cccnc3)C(=O)c3ccc(N4C(=O)CCC4=O)cc3)sc2c1. The number of carbonyl (C=O) groups excluding carboxylic acids is 3. The van der Waals surface area contributed by atoms with E-state index in [4.69, 9.17) is 9.72 Å².